The van der Waals surface area contributed by atoms with Gasteiger partial charge in [0.2, 0.25) is 0 Å². The molecule has 2 aromatic carbocycles. The minimum absolute atomic E-state index is 0.0339. The minimum atomic E-state index is -0.826. The minimum Gasteiger partial charge on any atom is -0.465 e. The molecular weight excluding hydrogens is 610 g/mol. The third-order valence-electron chi connectivity index (χ3n) is 11.6. The van der Waals surface area contributed by atoms with Crippen LogP contribution in [0.25, 0.3) is 10.8 Å². The van der Waals surface area contributed by atoms with Gasteiger partial charge >= 0.3 is 18.2 Å². The van der Waals surface area contributed by atoms with Gasteiger partial charge < -0.3 is 29.7 Å². The van der Waals surface area contributed by atoms with Gasteiger partial charge in [-0.25, -0.2) is 9.59 Å². The SMILES string of the molecule is CNC(=O)OCC1CCC2(COc3nc4c(c(N5C[C@H]6CC[C@@H](C5)N6C(=O)O)n3)CCN(c3cccc5cccc(C)c35)C4)CCCN12. The molecule has 2 N–H and O–H groups in total. The van der Waals surface area contributed by atoms with Crippen LogP contribution in [0.3, 0.4) is 0 Å². The van der Waals surface area contributed by atoms with Crippen molar-refractivity contribution in [2.24, 2.45) is 0 Å². The van der Waals surface area contributed by atoms with E-state index in [1.165, 1.54) is 22.0 Å². The zero-order valence-electron chi connectivity index (χ0n) is 27.9. The Hall–Kier alpha value is -4.32. The number of hydrogen-bond donors (Lipinski definition) is 2. The monoisotopic (exact) mass is 655 g/mol. The standard InChI is InChI=1S/C36H45N7O5/c1-23-6-3-7-24-8-4-9-30(31(23)24)40-17-13-28-29(20-40)38-33(39-32(28)41-18-25-10-11-26(19-41)43(25)35(45)46)48-22-36-14-5-16-42(36)27(12-15-36)21-47-34(44)37-2/h3-4,6-9,25-27H,5,10-22H2,1-2H3,(H,37,44)(H,45,46)/t25-,26+,27?,36?. The van der Waals surface area contributed by atoms with E-state index in [0.717, 1.165) is 75.1 Å². The van der Waals surface area contributed by atoms with Crippen molar-refractivity contribution in [3.8, 4) is 6.01 Å². The molecule has 4 fully saturated rings. The fourth-order valence-electron chi connectivity index (χ4n) is 9.31. The molecule has 5 aliphatic heterocycles. The lowest BCUT2D eigenvalue weighted by molar-refractivity contribution is 0.0553. The van der Waals surface area contributed by atoms with Crippen molar-refractivity contribution in [3.63, 3.8) is 0 Å². The van der Waals surface area contributed by atoms with E-state index in [1.54, 1.807) is 11.9 Å². The lowest BCUT2D eigenvalue weighted by atomic mass is 9.95. The van der Waals surface area contributed by atoms with Crippen LogP contribution in [0, 0.1) is 6.92 Å². The van der Waals surface area contributed by atoms with Gasteiger partial charge in [0.15, 0.2) is 0 Å². The highest BCUT2D eigenvalue weighted by molar-refractivity contribution is 5.97. The number of rotatable bonds is 7. The first-order chi connectivity index (χ1) is 23.3. The largest absolute Gasteiger partial charge is 0.465 e. The summed E-state index contributed by atoms with van der Waals surface area (Å²) in [4.78, 5) is 42.9. The Balaban J connectivity index is 1.09. The van der Waals surface area contributed by atoms with Crippen LogP contribution in [0.4, 0.5) is 21.1 Å². The number of nitrogens with one attached hydrogen (secondary N) is 1. The number of fused-ring (bicyclic) bond motifs is 5. The maximum Gasteiger partial charge on any atom is 0.407 e. The number of aromatic nitrogens is 2. The van der Waals surface area contributed by atoms with Crippen LogP contribution in [0.2, 0.25) is 0 Å². The number of anilines is 2. The van der Waals surface area contributed by atoms with Crippen LogP contribution in [0.1, 0.15) is 55.3 Å². The van der Waals surface area contributed by atoms with Crippen LogP contribution in [-0.4, -0.2) is 107 Å². The Labute approximate surface area is 281 Å². The summed E-state index contributed by atoms with van der Waals surface area (Å²) in [5.41, 5.74) is 4.46. The van der Waals surface area contributed by atoms with Gasteiger partial charge in [-0.1, -0.05) is 30.3 Å². The first kappa shape index (κ1) is 31.0. The highest BCUT2D eigenvalue weighted by Gasteiger charge is 2.50. The smallest absolute Gasteiger partial charge is 0.407 e. The molecule has 2 unspecified atom stereocenters. The highest BCUT2D eigenvalue weighted by Crippen LogP contribution is 2.43. The lowest BCUT2D eigenvalue weighted by Crippen LogP contribution is -2.56. The zero-order valence-corrected chi connectivity index (χ0v) is 27.9. The molecule has 2 bridgehead atoms. The first-order valence-electron chi connectivity index (χ1n) is 17.5. The van der Waals surface area contributed by atoms with Gasteiger partial charge in [-0.05, 0) is 75.4 Å². The van der Waals surface area contributed by atoms with Crippen molar-refractivity contribution in [2.75, 3.05) is 56.2 Å². The van der Waals surface area contributed by atoms with Gasteiger partial charge in [-0.3, -0.25) is 9.80 Å². The lowest BCUT2D eigenvalue weighted by Gasteiger charge is -2.41. The Kier molecular flexibility index (Phi) is 7.93. The number of alkyl carbamates (subject to hydrolysis) is 1. The fraction of sp³-hybridized carbons (Fsp3) is 0.556. The average molecular weight is 656 g/mol. The van der Waals surface area contributed by atoms with E-state index < -0.39 is 12.2 Å². The molecule has 254 valence electrons. The Morgan fingerprint density at radius 1 is 1.02 bits per heavy atom. The molecule has 0 radical (unpaired) electrons. The molecule has 4 atom stereocenters. The van der Waals surface area contributed by atoms with Crippen LogP contribution in [0.15, 0.2) is 36.4 Å². The van der Waals surface area contributed by atoms with Crippen molar-refractivity contribution in [1.29, 1.82) is 0 Å². The van der Waals surface area contributed by atoms with Crippen molar-refractivity contribution in [2.45, 2.75) is 82.1 Å². The second-order valence-corrected chi connectivity index (χ2v) is 14.2. The summed E-state index contributed by atoms with van der Waals surface area (Å²) < 4.78 is 12.1. The molecule has 5 aliphatic rings. The first-order valence-corrected chi connectivity index (χ1v) is 17.5. The van der Waals surface area contributed by atoms with Crippen molar-refractivity contribution in [3.05, 3.63) is 53.2 Å². The summed E-state index contributed by atoms with van der Waals surface area (Å²) in [5.74, 6) is 0.898. The summed E-state index contributed by atoms with van der Waals surface area (Å²) in [6.45, 7) is 6.72. The normalized spacial score (nSPS) is 26.5. The maximum atomic E-state index is 12.1. The number of piperazine rings is 1. The van der Waals surface area contributed by atoms with E-state index in [0.29, 0.717) is 38.9 Å². The second kappa shape index (κ2) is 12.3. The molecule has 48 heavy (non-hydrogen) atoms. The molecule has 4 saturated heterocycles. The van der Waals surface area contributed by atoms with Gasteiger partial charge in [0.05, 0.1) is 29.9 Å². The molecule has 0 saturated carbocycles. The number of carboxylic acid groups (broad SMARTS) is 1. The molecule has 3 aromatic rings. The average Bonchev–Trinajstić information content (AvgIpc) is 3.75. The van der Waals surface area contributed by atoms with E-state index in [2.05, 4.69) is 63.3 Å². The third kappa shape index (κ3) is 5.34. The van der Waals surface area contributed by atoms with Gasteiger partial charge in [0.25, 0.3) is 0 Å². The molecule has 12 nitrogen and oxygen atoms in total. The van der Waals surface area contributed by atoms with Crippen LogP contribution in [-0.2, 0) is 17.7 Å². The van der Waals surface area contributed by atoms with E-state index in [-0.39, 0.29) is 23.7 Å². The number of amides is 2. The number of hydrogen-bond acceptors (Lipinski definition) is 9. The quantitative estimate of drug-likeness (QED) is 0.375. The second-order valence-electron chi connectivity index (χ2n) is 14.2. The summed E-state index contributed by atoms with van der Waals surface area (Å²) >= 11 is 0. The predicted octanol–water partition coefficient (Wildman–Crippen LogP) is 4.56. The van der Waals surface area contributed by atoms with E-state index in [1.807, 2.05) is 0 Å². The number of benzene rings is 2. The molecule has 6 heterocycles. The molecular formula is C36H45N7O5. The molecule has 12 heteroatoms. The summed E-state index contributed by atoms with van der Waals surface area (Å²) in [7, 11) is 1.58. The van der Waals surface area contributed by atoms with Crippen molar-refractivity contribution < 1.29 is 24.2 Å². The topological polar surface area (TPSA) is 124 Å². The maximum absolute atomic E-state index is 12.1. The number of carbonyl (C=O) groups is 2. The highest BCUT2D eigenvalue weighted by atomic mass is 16.5. The number of carbonyl (C=O) groups excluding carboxylic acids is 1. The summed E-state index contributed by atoms with van der Waals surface area (Å²) in [6, 6.07) is 13.5. The molecule has 0 aliphatic carbocycles. The fourth-order valence-corrected chi connectivity index (χ4v) is 9.31. The zero-order chi connectivity index (χ0) is 33.0. The summed E-state index contributed by atoms with van der Waals surface area (Å²) in [6.07, 6.45) is 5.35. The van der Waals surface area contributed by atoms with Crippen molar-refractivity contribution >= 4 is 34.5 Å². The van der Waals surface area contributed by atoms with Gasteiger partial charge in [0, 0.05) is 49.4 Å². The number of aryl methyl sites for hydroxylation is 1. The Morgan fingerprint density at radius 3 is 2.58 bits per heavy atom. The molecule has 8 rings (SSSR count). The number of ether oxygens (including phenoxy) is 2. The van der Waals surface area contributed by atoms with Gasteiger partial charge in [-0.15, -0.1) is 0 Å². The van der Waals surface area contributed by atoms with Gasteiger partial charge in [-0.2, -0.15) is 9.97 Å². The van der Waals surface area contributed by atoms with Crippen molar-refractivity contribution in [1.82, 2.24) is 25.1 Å². The Bertz CT molecular complexity index is 1720. The van der Waals surface area contributed by atoms with E-state index in [9.17, 15) is 14.7 Å². The Morgan fingerprint density at radius 2 is 1.81 bits per heavy atom. The molecule has 0 spiro atoms. The van der Waals surface area contributed by atoms with Crippen LogP contribution >= 0.6 is 0 Å². The molecule has 1 aromatic heterocycles. The molecule has 2 amide bonds. The van der Waals surface area contributed by atoms with Crippen LogP contribution in [0.5, 0.6) is 6.01 Å². The summed E-state index contributed by atoms with van der Waals surface area (Å²) in [5, 5.41) is 15.0. The van der Waals surface area contributed by atoms with E-state index >= 15 is 0 Å². The van der Waals surface area contributed by atoms with Crippen LogP contribution < -0.4 is 19.9 Å². The number of nitrogens with zero attached hydrogens (tertiary/aromatic N) is 6. The van der Waals surface area contributed by atoms with E-state index in [4.69, 9.17) is 19.4 Å². The van der Waals surface area contributed by atoms with Gasteiger partial charge in [0.1, 0.15) is 19.0 Å². The predicted molar refractivity (Wildman–Crippen MR) is 182 cm³/mol. The third-order valence-corrected chi connectivity index (χ3v) is 11.6.